The van der Waals surface area contributed by atoms with Gasteiger partial charge in [0.15, 0.2) is 30.3 Å². The topological polar surface area (TPSA) is 216 Å². The molecule has 0 aromatic carbocycles. The summed E-state index contributed by atoms with van der Waals surface area (Å²) in [5.74, 6) is 0.00381. The van der Waals surface area contributed by atoms with Gasteiger partial charge in [-0.15, -0.1) is 0 Å². The minimum absolute atomic E-state index is 0.00381. The maximum absolute atomic E-state index is 16.1. The molecule has 4 aromatic rings. The van der Waals surface area contributed by atoms with E-state index in [9.17, 15) is 14.6 Å². The molecule has 2 bridgehead atoms. The molecule has 4 aromatic heterocycles. The summed E-state index contributed by atoms with van der Waals surface area (Å²) in [6.07, 6.45) is -8.53. The molecule has 3 aliphatic heterocycles. The first-order valence-corrected chi connectivity index (χ1v) is 19.2. The molecule has 22 heteroatoms. The SMILES string of the molecule is Nc1cc2c(ncn2[C@@H]2O[C@@H]3COP(O)(=S)CO[C@H]4[C@H](F)[C@H](n5ccc6c(N)ccnc65)O[C@@H]4COP(O)(=S)O[C@@H]2[C@@H]3F)c(=O)[nH]1. The van der Waals surface area contributed by atoms with Gasteiger partial charge in [0.25, 0.3) is 5.56 Å². The lowest BCUT2D eigenvalue weighted by Gasteiger charge is -2.28. The van der Waals surface area contributed by atoms with Crippen molar-refractivity contribution in [2.45, 2.75) is 49.2 Å². The summed E-state index contributed by atoms with van der Waals surface area (Å²) < 4.78 is 69.1. The summed E-state index contributed by atoms with van der Waals surface area (Å²) in [4.78, 5) is 45.1. The Morgan fingerprint density at radius 2 is 1.76 bits per heavy atom. The van der Waals surface area contributed by atoms with Gasteiger partial charge in [0.05, 0.1) is 25.1 Å². The quantitative estimate of drug-likeness (QED) is 0.186. The standard InChI is InChI=1S/C24H27F2N7O9P2S2/c25-16-13-6-38-43(35,45)9-37-19-14(41-23(17(19)26)32-4-2-10-11(27)1-3-29-21(10)32)7-39-44(36,46)42-20(16)24(40-13)33-8-30-18-12(33)5-15(28)31-22(18)34/h1-5,8,13-14,16-17,19-20,23-24H,6-7,9H2,(H2,27,29)(H,35,45)(H,36,46)(H3,28,31,34)/t13-,14-,16-,17+,19-,20-,23-,24-,43?,44?/m1/s1. The van der Waals surface area contributed by atoms with Gasteiger partial charge in [-0.25, -0.2) is 18.7 Å². The van der Waals surface area contributed by atoms with Crippen LogP contribution in [0.25, 0.3) is 22.1 Å². The molecule has 3 fully saturated rings. The molecule has 2 unspecified atom stereocenters. The summed E-state index contributed by atoms with van der Waals surface area (Å²) >= 11 is 10.5. The van der Waals surface area contributed by atoms with Gasteiger partial charge in [-0.1, -0.05) is 0 Å². The van der Waals surface area contributed by atoms with Crippen molar-refractivity contribution in [2.24, 2.45) is 0 Å². The molecule has 3 aliphatic rings. The number of ether oxygens (including phenoxy) is 3. The highest BCUT2D eigenvalue weighted by Crippen LogP contribution is 2.53. The van der Waals surface area contributed by atoms with Crippen molar-refractivity contribution in [3.8, 4) is 0 Å². The number of H-pyrrole nitrogens is 1. The third-order valence-electron chi connectivity index (χ3n) is 7.85. The van der Waals surface area contributed by atoms with Gasteiger partial charge in [-0.3, -0.25) is 9.32 Å². The van der Waals surface area contributed by atoms with E-state index in [1.54, 1.807) is 18.3 Å². The number of nitrogens with zero attached hydrogens (tertiary/aromatic N) is 4. The minimum Gasteiger partial charge on any atom is -0.398 e. The van der Waals surface area contributed by atoms with E-state index in [1.165, 1.54) is 27.7 Å². The molecule has 7 heterocycles. The van der Waals surface area contributed by atoms with Crippen molar-refractivity contribution in [1.82, 2.24) is 24.1 Å². The fraction of sp³-hybridized carbons (Fsp3) is 0.458. The van der Waals surface area contributed by atoms with Crippen LogP contribution in [0, 0.1) is 0 Å². The number of fused-ring (bicyclic) bond motifs is 5. The van der Waals surface area contributed by atoms with Crippen LogP contribution in [0.2, 0.25) is 0 Å². The van der Waals surface area contributed by atoms with Gasteiger partial charge in [-0.05, 0) is 35.7 Å². The van der Waals surface area contributed by atoms with E-state index < -0.39 is 87.5 Å². The monoisotopic (exact) mass is 721 g/mol. The van der Waals surface area contributed by atoms with E-state index >= 15 is 8.78 Å². The lowest BCUT2D eigenvalue weighted by atomic mass is 10.1. The van der Waals surface area contributed by atoms with E-state index in [-0.39, 0.29) is 16.9 Å². The van der Waals surface area contributed by atoms with Gasteiger partial charge in [0, 0.05) is 29.5 Å². The average molecular weight is 722 g/mol. The fourth-order valence-electron chi connectivity index (χ4n) is 5.73. The Bertz CT molecular complexity index is 1970. The van der Waals surface area contributed by atoms with Crippen LogP contribution in [0.5, 0.6) is 0 Å². The second-order valence-electron chi connectivity index (χ2n) is 10.8. The number of nitrogen functional groups attached to an aromatic ring is 2. The van der Waals surface area contributed by atoms with Crippen LogP contribution in [0.4, 0.5) is 20.3 Å². The molecule has 7 rings (SSSR count). The van der Waals surface area contributed by atoms with E-state index in [1.807, 2.05) is 0 Å². The summed E-state index contributed by atoms with van der Waals surface area (Å²) in [6, 6.07) is 4.64. The highest BCUT2D eigenvalue weighted by Gasteiger charge is 2.52. The lowest BCUT2D eigenvalue weighted by molar-refractivity contribution is -0.0569. The van der Waals surface area contributed by atoms with Crippen molar-refractivity contribution in [3.05, 3.63) is 47.3 Å². The lowest BCUT2D eigenvalue weighted by Crippen LogP contribution is -2.36. The van der Waals surface area contributed by atoms with Crippen molar-refractivity contribution < 1.29 is 46.3 Å². The Labute approximate surface area is 267 Å². The zero-order chi connectivity index (χ0) is 32.5. The third-order valence-corrected chi connectivity index (χ3v) is 11.1. The summed E-state index contributed by atoms with van der Waals surface area (Å²) in [5.41, 5.74) is 12.2. The van der Waals surface area contributed by atoms with Gasteiger partial charge < -0.3 is 58.6 Å². The largest absolute Gasteiger partial charge is 0.398 e. The first kappa shape index (κ1) is 32.1. The molecule has 0 spiro atoms. The Morgan fingerprint density at radius 1 is 1.00 bits per heavy atom. The summed E-state index contributed by atoms with van der Waals surface area (Å²) in [5, 5.41) is 0.568. The van der Waals surface area contributed by atoms with Gasteiger partial charge in [0.2, 0.25) is 6.49 Å². The number of alkyl halides is 2. The zero-order valence-electron chi connectivity index (χ0n) is 23.4. The van der Waals surface area contributed by atoms with Gasteiger partial charge in [0.1, 0.15) is 42.2 Å². The minimum atomic E-state index is -4.30. The number of aromatic amines is 1. The highest BCUT2D eigenvalue weighted by atomic mass is 32.5. The number of aromatic nitrogens is 5. The molecule has 0 radical (unpaired) electrons. The third kappa shape index (κ3) is 5.80. The van der Waals surface area contributed by atoms with Gasteiger partial charge >= 0.3 is 6.72 Å². The Hall–Kier alpha value is -2.45. The highest BCUT2D eigenvalue weighted by molar-refractivity contribution is 8.09. The van der Waals surface area contributed by atoms with Crippen LogP contribution in [0.3, 0.4) is 0 Å². The van der Waals surface area contributed by atoms with E-state index in [2.05, 4.69) is 15.0 Å². The first-order chi connectivity index (χ1) is 21.8. The summed E-state index contributed by atoms with van der Waals surface area (Å²) in [6.45, 7) is -9.23. The molecule has 7 N–H and O–H groups in total. The molecule has 0 saturated carbocycles. The number of hydrogen-bond acceptors (Lipinski definition) is 13. The molecular formula is C24H27F2N7O9P2S2. The number of hydrogen-bond donors (Lipinski definition) is 5. The Balaban J connectivity index is 1.20. The maximum Gasteiger partial charge on any atom is 0.325 e. The van der Waals surface area contributed by atoms with Crippen LogP contribution < -0.4 is 17.0 Å². The number of rotatable bonds is 2. The molecule has 46 heavy (non-hydrogen) atoms. The van der Waals surface area contributed by atoms with Gasteiger partial charge in [-0.2, -0.15) is 0 Å². The van der Waals surface area contributed by atoms with Crippen LogP contribution in [-0.4, -0.2) is 90.2 Å². The fourth-order valence-corrected chi connectivity index (χ4v) is 8.31. The predicted octanol–water partition coefficient (Wildman–Crippen LogP) is 1.70. The number of nitrogens with two attached hydrogens (primary N) is 2. The van der Waals surface area contributed by atoms with Crippen LogP contribution in [0.1, 0.15) is 12.5 Å². The number of halogens is 2. The van der Waals surface area contributed by atoms with Crippen LogP contribution in [0.15, 0.2) is 41.7 Å². The van der Waals surface area contributed by atoms with E-state index in [0.29, 0.717) is 16.7 Å². The molecule has 10 atom stereocenters. The molecule has 0 amide bonds. The average Bonchev–Trinajstić information content (AvgIpc) is 3.75. The molecule has 0 aliphatic carbocycles. The molecular weight excluding hydrogens is 694 g/mol. The van der Waals surface area contributed by atoms with Crippen LogP contribution in [-0.2, 0) is 51.4 Å². The number of pyridine rings is 2. The van der Waals surface area contributed by atoms with E-state index in [4.69, 9.17) is 62.9 Å². The normalized spacial score (nSPS) is 37.4. The number of nitrogens with one attached hydrogen (secondary N) is 1. The Kier molecular flexibility index (Phi) is 8.31. The van der Waals surface area contributed by atoms with Crippen molar-refractivity contribution >= 4 is 70.4 Å². The Morgan fingerprint density at radius 3 is 2.57 bits per heavy atom. The molecule has 3 saturated heterocycles. The number of imidazole rings is 1. The first-order valence-electron chi connectivity index (χ1n) is 13.7. The van der Waals surface area contributed by atoms with Crippen molar-refractivity contribution in [3.63, 3.8) is 0 Å². The smallest absolute Gasteiger partial charge is 0.325 e. The maximum atomic E-state index is 16.1. The van der Waals surface area contributed by atoms with Crippen LogP contribution >= 0.6 is 13.2 Å². The second kappa shape index (κ2) is 11.9. The number of anilines is 2. The van der Waals surface area contributed by atoms with Crippen molar-refractivity contribution in [1.29, 1.82) is 0 Å². The van der Waals surface area contributed by atoms with E-state index in [0.717, 1.165) is 0 Å². The second-order valence-corrected chi connectivity index (χ2v) is 17.1. The van der Waals surface area contributed by atoms with Crippen molar-refractivity contribution in [2.75, 3.05) is 31.0 Å². The molecule has 248 valence electrons. The zero-order valence-corrected chi connectivity index (χ0v) is 26.8. The predicted molar refractivity (Wildman–Crippen MR) is 166 cm³/mol. The molecule has 16 nitrogen and oxygen atoms in total. The summed E-state index contributed by atoms with van der Waals surface area (Å²) in [7, 11) is 0.